The molecule has 0 saturated heterocycles. The predicted molar refractivity (Wildman–Crippen MR) is 110 cm³/mol. The fourth-order valence-corrected chi connectivity index (χ4v) is 3.12. The first-order valence-electron chi connectivity index (χ1n) is 9.04. The number of rotatable bonds is 5. The number of aliphatic imine (C=N–C) groups is 1. The number of dihydropyridines is 1. The smallest absolute Gasteiger partial charge is 0.127 e. The summed E-state index contributed by atoms with van der Waals surface area (Å²) in [6.45, 7) is 0.792. The number of methoxy groups -OCH3 is 1. The number of benzene rings is 3. The van der Waals surface area contributed by atoms with Gasteiger partial charge in [-0.15, -0.1) is 0 Å². The first-order chi connectivity index (χ1) is 13.3. The molecule has 1 aliphatic rings. The second-order valence-electron chi connectivity index (χ2n) is 6.36. The molecule has 0 spiro atoms. The van der Waals surface area contributed by atoms with Crippen molar-refractivity contribution >= 4 is 11.3 Å². The standard InChI is InChI=1S/C24H21NO2/c1-26-23-9-5-6-19(16-23)20-14-15-25-24(17-20)18-10-12-22(13-11-18)27-21-7-3-2-4-8-21/h2-13,16-17H,14-15H2,1H3. The molecule has 0 bridgehead atoms. The molecule has 3 heteroatoms. The molecule has 0 saturated carbocycles. The largest absolute Gasteiger partial charge is 0.497 e. The van der Waals surface area contributed by atoms with Crippen LogP contribution in [0.15, 0.2) is 89.9 Å². The Morgan fingerprint density at radius 2 is 1.48 bits per heavy atom. The summed E-state index contributed by atoms with van der Waals surface area (Å²) in [6.07, 6.45) is 3.11. The highest BCUT2D eigenvalue weighted by Crippen LogP contribution is 2.27. The van der Waals surface area contributed by atoms with Gasteiger partial charge in [0.15, 0.2) is 0 Å². The van der Waals surface area contributed by atoms with Crippen LogP contribution in [0, 0.1) is 0 Å². The molecule has 0 amide bonds. The van der Waals surface area contributed by atoms with Crippen molar-refractivity contribution in [3.8, 4) is 17.2 Å². The second-order valence-corrected chi connectivity index (χ2v) is 6.36. The van der Waals surface area contributed by atoms with Crippen LogP contribution in [-0.2, 0) is 0 Å². The summed E-state index contributed by atoms with van der Waals surface area (Å²) in [7, 11) is 1.69. The lowest BCUT2D eigenvalue weighted by molar-refractivity contribution is 0.414. The van der Waals surface area contributed by atoms with Crippen molar-refractivity contribution in [2.24, 2.45) is 4.99 Å². The summed E-state index contributed by atoms with van der Waals surface area (Å²) in [5, 5.41) is 0. The number of hydrogen-bond donors (Lipinski definition) is 0. The predicted octanol–water partition coefficient (Wildman–Crippen LogP) is 5.76. The van der Waals surface area contributed by atoms with Gasteiger partial charge in [-0.3, -0.25) is 4.99 Å². The second kappa shape index (κ2) is 7.92. The maximum atomic E-state index is 5.87. The van der Waals surface area contributed by atoms with Crippen molar-refractivity contribution in [3.05, 3.63) is 96.1 Å². The third-order valence-electron chi connectivity index (χ3n) is 4.54. The van der Waals surface area contributed by atoms with E-state index >= 15 is 0 Å². The highest BCUT2D eigenvalue weighted by molar-refractivity contribution is 6.13. The minimum atomic E-state index is 0.792. The summed E-state index contributed by atoms with van der Waals surface area (Å²) in [5.41, 5.74) is 4.56. The topological polar surface area (TPSA) is 30.8 Å². The van der Waals surface area contributed by atoms with Gasteiger partial charge in [-0.2, -0.15) is 0 Å². The van der Waals surface area contributed by atoms with Gasteiger partial charge in [0.1, 0.15) is 17.2 Å². The van der Waals surface area contributed by atoms with Crippen LogP contribution in [0.5, 0.6) is 17.2 Å². The van der Waals surface area contributed by atoms with Crippen LogP contribution in [0.3, 0.4) is 0 Å². The van der Waals surface area contributed by atoms with E-state index in [1.54, 1.807) is 7.11 Å². The first-order valence-corrected chi connectivity index (χ1v) is 9.04. The highest BCUT2D eigenvalue weighted by atomic mass is 16.5. The number of para-hydroxylation sites is 1. The molecule has 0 aliphatic carbocycles. The average molecular weight is 355 g/mol. The lowest BCUT2D eigenvalue weighted by Crippen LogP contribution is -2.06. The van der Waals surface area contributed by atoms with Gasteiger partial charge in [-0.05, 0) is 77.7 Å². The van der Waals surface area contributed by atoms with E-state index in [9.17, 15) is 0 Å². The van der Waals surface area contributed by atoms with E-state index in [2.05, 4.69) is 30.3 Å². The zero-order chi connectivity index (χ0) is 18.5. The van der Waals surface area contributed by atoms with Crippen molar-refractivity contribution in [1.82, 2.24) is 0 Å². The van der Waals surface area contributed by atoms with E-state index < -0.39 is 0 Å². The van der Waals surface area contributed by atoms with Crippen LogP contribution < -0.4 is 9.47 Å². The zero-order valence-electron chi connectivity index (χ0n) is 15.3. The molecule has 3 nitrogen and oxygen atoms in total. The molecule has 134 valence electrons. The van der Waals surface area contributed by atoms with Crippen LogP contribution in [0.25, 0.3) is 5.57 Å². The Hall–Kier alpha value is -3.33. The van der Waals surface area contributed by atoms with Crippen LogP contribution in [0.2, 0.25) is 0 Å². The lowest BCUT2D eigenvalue weighted by atomic mass is 9.96. The molecular formula is C24H21NO2. The third-order valence-corrected chi connectivity index (χ3v) is 4.54. The summed E-state index contributed by atoms with van der Waals surface area (Å²) in [6, 6.07) is 26.1. The summed E-state index contributed by atoms with van der Waals surface area (Å²) >= 11 is 0. The van der Waals surface area contributed by atoms with E-state index in [0.29, 0.717) is 0 Å². The Labute approximate surface area is 159 Å². The van der Waals surface area contributed by atoms with Gasteiger partial charge in [0.05, 0.1) is 12.8 Å². The van der Waals surface area contributed by atoms with Gasteiger partial charge >= 0.3 is 0 Å². The SMILES string of the molecule is COc1cccc(C2=CC(c3ccc(Oc4ccccc4)cc3)=NCC2)c1. The molecule has 3 aromatic rings. The summed E-state index contributed by atoms with van der Waals surface area (Å²) in [5.74, 6) is 2.53. The van der Waals surface area contributed by atoms with E-state index in [-0.39, 0.29) is 0 Å². The van der Waals surface area contributed by atoms with Crippen LogP contribution in [0.1, 0.15) is 17.5 Å². The number of hydrogen-bond acceptors (Lipinski definition) is 3. The Morgan fingerprint density at radius 1 is 0.741 bits per heavy atom. The molecule has 27 heavy (non-hydrogen) atoms. The molecular weight excluding hydrogens is 334 g/mol. The maximum Gasteiger partial charge on any atom is 0.127 e. The Balaban J connectivity index is 1.54. The van der Waals surface area contributed by atoms with Crippen LogP contribution in [0.4, 0.5) is 0 Å². The fourth-order valence-electron chi connectivity index (χ4n) is 3.12. The molecule has 0 atom stereocenters. The molecule has 0 radical (unpaired) electrons. The summed E-state index contributed by atoms with van der Waals surface area (Å²) in [4.78, 5) is 4.70. The van der Waals surface area contributed by atoms with Crippen molar-refractivity contribution in [2.75, 3.05) is 13.7 Å². The van der Waals surface area contributed by atoms with Crippen LogP contribution >= 0.6 is 0 Å². The Kier molecular flexibility index (Phi) is 5.01. The molecule has 1 heterocycles. The van der Waals surface area contributed by atoms with Crippen molar-refractivity contribution in [1.29, 1.82) is 0 Å². The van der Waals surface area contributed by atoms with E-state index in [0.717, 1.165) is 41.5 Å². The Bertz CT molecular complexity index is 973. The normalized spacial score (nSPS) is 13.5. The summed E-state index contributed by atoms with van der Waals surface area (Å²) < 4.78 is 11.2. The molecule has 0 aromatic heterocycles. The molecule has 3 aromatic carbocycles. The van der Waals surface area contributed by atoms with Gasteiger partial charge in [0, 0.05) is 6.54 Å². The number of nitrogens with zero attached hydrogens (tertiary/aromatic N) is 1. The average Bonchev–Trinajstić information content (AvgIpc) is 2.75. The van der Waals surface area contributed by atoms with Gasteiger partial charge in [-0.1, -0.05) is 30.3 Å². The van der Waals surface area contributed by atoms with Gasteiger partial charge < -0.3 is 9.47 Å². The first kappa shape index (κ1) is 17.1. The van der Waals surface area contributed by atoms with Crippen molar-refractivity contribution in [3.63, 3.8) is 0 Å². The van der Waals surface area contributed by atoms with Gasteiger partial charge in [0.25, 0.3) is 0 Å². The van der Waals surface area contributed by atoms with Crippen LogP contribution in [-0.4, -0.2) is 19.4 Å². The lowest BCUT2D eigenvalue weighted by Gasteiger charge is -2.15. The third kappa shape index (κ3) is 4.09. The minimum absolute atomic E-state index is 0.792. The minimum Gasteiger partial charge on any atom is -0.497 e. The molecule has 1 aliphatic heterocycles. The van der Waals surface area contributed by atoms with E-state index in [1.807, 2.05) is 54.6 Å². The molecule has 4 rings (SSSR count). The van der Waals surface area contributed by atoms with Crippen molar-refractivity contribution in [2.45, 2.75) is 6.42 Å². The fraction of sp³-hybridized carbons (Fsp3) is 0.125. The molecule has 0 fully saturated rings. The van der Waals surface area contributed by atoms with E-state index in [4.69, 9.17) is 14.5 Å². The molecule has 0 unspecified atom stereocenters. The highest BCUT2D eigenvalue weighted by Gasteiger charge is 2.11. The zero-order valence-corrected chi connectivity index (χ0v) is 15.3. The quantitative estimate of drug-likeness (QED) is 0.582. The Morgan fingerprint density at radius 3 is 2.26 bits per heavy atom. The van der Waals surface area contributed by atoms with Crippen molar-refractivity contribution < 1.29 is 9.47 Å². The maximum absolute atomic E-state index is 5.87. The van der Waals surface area contributed by atoms with Gasteiger partial charge in [0.2, 0.25) is 0 Å². The van der Waals surface area contributed by atoms with Gasteiger partial charge in [-0.25, -0.2) is 0 Å². The number of allylic oxidation sites excluding steroid dienone is 1. The monoisotopic (exact) mass is 355 g/mol. The number of ether oxygens (including phenoxy) is 2. The van der Waals surface area contributed by atoms with E-state index in [1.165, 1.54) is 11.1 Å². The molecule has 0 N–H and O–H groups in total.